The number of aliphatic hydroxyl groups excluding tert-OH is 2. The first-order valence-electron chi connectivity index (χ1n) is 5.64. The number of rotatable bonds is 2. The van der Waals surface area contributed by atoms with Crippen molar-refractivity contribution in [3.8, 4) is 12.3 Å². The van der Waals surface area contributed by atoms with E-state index in [4.69, 9.17) is 16.3 Å². The van der Waals surface area contributed by atoms with Gasteiger partial charge in [0.25, 0.3) is 0 Å². The lowest BCUT2D eigenvalue weighted by atomic mass is 9.95. The van der Waals surface area contributed by atoms with Crippen molar-refractivity contribution in [1.29, 1.82) is 0 Å². The van der Waals surface area contributed by atoms with Crippen LogP contribution in [0.25, 0.3) is 0 Å². The molecule has 102 valence electrons. The number of aromatic nitrogens is 2. The highest BCUT2D eigenvalue weighted by Crippen LogP contribution is 2.37. The SMILES string of the molecule is C#C[C@@]1(O)[C@H](O)[C@@H](CO)O[C@H]1n1ccc(C)nc1=O. The Kier molecular flexibility index (Phi) is 3.43. The molecule has 0 unspecified atom stereocenters. The van der Waals surface area contributed by atoms with Crippen LogP contribution in [0.3, 0.4) is 0 Å². The summed E-state index contributed by atoms with van der Waals surface area (Å²) in [4.78, 5) is 15.5. The number of aliphatic hydroxyl groups is 3. The van der Waals surface area contributed by atoms with Gasteiger partial charge in [-0.15, -0.1) is 6.42 Å². The molecule has 2 heterocycles. The van der Waals surface area contributed by atoms with Crippen molar-refractivity contribution in [3.05, 3.63) is 28.4 Å². The summed E-state index contributed by atoms with van der Waals surface area (Å²) in [6.07, 6.45) is 2.72. The molecule has 19 heavy (non-hydrogen) atoms. The van der Waals surface area contributed by atoms with E-state index >= 15 is 0 Å². The first-order valence-corrected chi connectivity index (χ1v) is 5.64. The van der Waals surface area contributed by atoms with Gasteiger partial charge in [-0.2, -0.15) is 4.98 Å². The minimum atomic E-state index is -2.10. The maximum absolute atomic E-state index is 11.8. The zero-order chi connectivity index (χ0) is 14.2. The molecule has 1 aromatic heterocycles. The normalized spacial score (nSPS) is 34.2. The third-order valence-electron chi connectivity index (χ3n) is 3.12. The average molecular weight is 266 g/mol. The summed E-state index contributed by atoms with van der Waals surface area (Å²) in [5.74, 6) is 2.03. The molecule has 4 atom stereocenters. The molecule has 0 bridgehead atoms. The van der Waals surface area contributed by atoms with Gasteiger partial charge in [0, 0.05) is 11.9 Å². The van der Waals surface area contributed by atoms with Crippen LogP contribution < -0.4 is 5.69 Å². The summed E-state index contributed by atoms with van der Waals surface area (Å²) in [7, 11) is 0. The van der Waals surface area contributed by atoms with Gasteiger partial charge in [-0.3, -0.25) is 4.57 Å². The van der Waals surface area contributed by atoms with Gasteiger partial charge in [0.2, 0.25) is 0 Å². The third kappa shape index (κ3) is 2.05. The van der Waals surface area contributed by atoms with Crippen LogP contribution in [0.4, 0.5) is 0 Å². The van der Waals surface area contributed by atoms with E-state index in [2.05, 4.69) is 4.98 Å². The first kappa shape index (κ1) is 13.7. The largest absolute Gasteiger partial charge is 0.394 e. The Morgan fingerprint density at radius 3 is 2.89 bits per heavy atom. The number of aryl methyl sites for hydroxylation is 1. The zero-order valence-corrected chi connectivity index (χ0v) is 10.2. The molecule has 1 saturated heterocycles. The van der Waals surface area contributed by atoms with Gasteiger partial charge < -0.3 is 20.1 Å². The Hall–Kier alpha value is -1.72. The molecular weight excluding hydrogens is 252 g/mol. The Morgan fingerprint density at radius 1 is 1.68 bits per heavy atom. The smallest absolute Gasteiger partial charge is 0.350 e. The second kappa shape index (κ2) is 4.75. The van der Waals surface area contributed by atoms with Crippen molar-refractivity contribution in [2.45, 2.75) is 31.0 Å². The molecule has 0 aliphatic carbocycles. The molecule has 1 aliphatic rings. The summed E-state index contributed by atoms with van der Waals surface area (Å²) in [6, 6.07) is 1.54. The molecule has 7 heteroatoms. The second-order valence-electron chi connectivity index (χ2n) is 4.38. The van der Waals surface area contributed by atoms with E-state index in [0.717, 1.165) is 4.57 Å². The molecule has 0 aromatic carbocycles. The number of terminal acetylenes is 1. The van der Waals surface area contributed by atoms with Crippen LogP contribution in [0.2, 0.25) is 0 Å². The van der Waals surface area contributed by atoms with E-state index in [-0.39, 0.29) is 0 Å². The molecular formula is C12H14N2O5. The van der Waals surface area contributed by atoms with Crippen molar-refractivity contribution in [2.75, 3.05) is 6.61 Å². The predicted molar refractivity (Wildman–Crippen MR) is 64.0 cm³/mol. The quantitative estimate of drug-likeness (QED) is 0.544. The number of nitrogens with zero attached hydrogens (tertiary/aromatic N) is 2. The van der Waals surface area contributed by atoms with Crippen LogP contribution >= 0.6 is 0 Å². The van der Waals surface area contributed by atoms with Gasteiger partial charge in [-0.1, -0.05) is 5.92 Å². The van der Waals surface area contributed by atoms with Crippen molar-refractivity contribution in [2.24, 2.45) is 0 Å². The highest BCUT2D eigenvalue weighted by molar-refractivity contribution is 5.19. The summed E-state index contributed by atoms with van der Waals surface area (Å²) in [6.45, 7) is 1.11. The maximum atomic E-state index is 11.8. The first-order chi connectivity index (χ1) is 8.93. The molecule has 1 aliphatic heterocycles. The van der Waals surface area contributed by atoms with Crippen molar-refractivity contribution >= 4 is 0 Å². The Morgan fingerprint density at radius 2 is 2.37 bits per heavy atom. The lowest BCUT2D eigenvalue weighted by molar-refractivity contribution is -0.0764. The topological polar surface area (TPSA) is 105 Å². The molecule has 3 N–H and O–H groups in total. The molecule has 1 fully saturated rings. The van der Waals surface area contributed by atoms with Crippen LogP contribution in [0.15, 0.2) is 17.1 Å². The average Bonchev–Trinajstić information content (AvgIpc) is 2.63. The standard InChI is InChI=1S/C12H14N2O5/c1-3-12(18)9(16)8(6-15)19-10(12)14-5-4-7(2)13-11(14)17/h1,4-5,8-10,15-16,18H,6H2,2H3/t8-,9-,10-,12-/m1/s1. The van der Waals surface area contributed by atoms with Gasteiger partial charge in [0.15, 0.2) is 11.8 Å². The van der Waals surface area contributed by atoms with Crippen LogP contribution in [0.5, 0.6) is 0 Å². The summed E-state index contributed by atoms with van der Waals surface area (Å²) in [5, 5.41) is 29.2. The fourth-order valence-corrected chi connectivity index (χ4v) is 2.03. The van der Waals surface area contributed by atoms with Crippen molar-refractivity contribution in [3.63, 3.8) is 0 Å². The number of ether oxygens (including phenoxy) is 1. The second-order valence-corrected chi connectivity index (χ2v) is 4.38. The molecule has 7 nitrogen and oxygen atoms in total. The summed E-state index contributed by atoms with van der Waals surface area (Å²) < 4.78 is 6.26. The lowest BCUT2D eigenvalue weighted by Gasteiger charge is -2.26. The summed E-state index contributed by atoms with van der Waals surface area (Å²) in [5.41, 5.74) is -2.26. The minimum absolute atomic E-state index is 0.503. The van der Waals surface area contributed by atoms with Crippen LogP contribution in [-0.4, -0.2) is 49.3 Å². The van der Waals surface area contributed by atoms with Gasteiger partial charge in [0.1, 0.15) is 12.2 Å². The van der Waals surface area contributed by atoms with Crippen LogP contribution in [0, 0.1) is 19.3 Å². The summed E-state index contributed by atoms with van der Waals surface area (Å²) >= 11 is 0. The molecule has 0 spiro atoms. The fraction of sp³-hybridized carbons (Fsp3) is 0.500. The Balaban J connectivity index is 2.49. The van der Waals surface area contributed by atoms with Crippen molar-refractivity contribution in [1.82, 2.24) is 9.55 Å². The van der Waals surface area contributed by atoms with Crippen LogP contribution in [-0.2, 0) is 4.74 Å². The zero-order valence-electron chi connectivity index (χ0n) is 10.2. The van der Waals surface area contributed by atoms with Gasteiger partial charge >= 0.3 is 5.69 Å². The van der Waals surface area contributed by atoms with Crippen molar-refractivity contribution < 1.29 is 20.1 Å². The monoisotopic (exact) mass is 266 g/mol. The molecule has 1 aromatic rings. The van der Waals surface area contributed by atoms with E-state index < -0.39 is 36.3 Å². The number of hydrogen-bond donors (Lipinski definition) is 3. The fourth-order valence-electron chi connectivity index (χ4n) is 2.03. The van der Waals surface area contributed by atoms with Gasteiger partial charge in [-0.05, 0) is 13.0 Å². The van der Waals surface area contributed by atoms with E-state index in [1.54, 1.807) is 13.0 Å². The van der Waals surface area contributed by atoms with E-state index in [1.807, 2.05) is 5.92 Å². The van der Waals surface area contributed by atoms with Crippen LogP contribution in [0.1, 0.15) is 11.9 Å². The molecule has 0 saturated carbocycles. The van der Waals surface area contributed by atoms with Gasteiger partial charge in [0.05, 0.1) is 6.61 Å². The molecule has 0 radical (unpaired) electrons. The van der Waals surface area contributed by atoms with Gasteiger partial charge in [-0.25, -0.2) is 4.79 Å². The highest BCUT2D eigenvalue weighted by Gasteiger charge is 2.55. The lowest BCUT2D eigenvalue weighted by Crippen LogP contribution is -2.47. The molecule has 0 amide bonds. The van der Waals surface area contributed by atoms with E-state index in [9.17, 15) is 15.0 Å². The van der Waals surface area contributed by atoms with E-state index in [1.165, 1.54) is 6.20 Å². The van der Waals surface area contributed by atoms with E-state index in [0.29, 0.717) is 5.69 Å². The number of hydrogen-bond acceptors (Lipinski definition) is 6. The minimum Gasteiger partial charge on any atom is -0.394 e. The highest BCUT2D eigenvalue weighted by atomic mass is 16.6. The Labute approximate surface area is 109 Å². The Bertz CT molecular complexity index is 578. The third-order valence-corrected chi connectivity index (χ3v) is 3.12. The molecule has 2 rings (SSSR count). The predicted octanol–water partition coefficient (Wildman–Crippen LogP) is -1.83. The maximum Gasteiger partial charge on any atom is 0.350 e.